The lowest BCUT2D eigenvalue weighted by atomic mass is 10.0. The molecule has 0 aliphatic heterocycles. The van der Waals surface area contributed by atoms with Crippen LogP contribution in [0.15, 0.2) is 97.1 Å². The molecule has 4 aromatic carbocycles. The highest BCUT2D eigenvalue weighted by Gasteiger charge is 2.13. The Morgan fingerprint density at radius 3 is 2.08 bits per heavy atom. The molecule has 0 atom stereocenters. The maximum Gasteiger partial charge on any atom is 0.255 e. The van der Waals surface area contributed by atoms with E-state index in [0.29, 0.717) is 22.4 Å². The van der Waals surface area contributed by atoms with Gasteiger partial charge in [-0.25, -0.2) is 0 Å². The molecule has 1 N–H and O–H groups in total. The summed E-state index contributed by atoms with van der Waals surface area (Å²) in [6.45, 7) is 1.67. The van der Waals surface area contributed by atoms with Crippen LogP contribution in [0.3, 0.4) is 0 Å². The number of methoxy groups -OCH3 is 2. The van der Waals surface area contributed by atoms with Gasteiger partial charge in [0.15, 0.2) is 17.3 Å². The minimum absolute atomic E-state index is 0.110. The van der Waals surface area contributed by atoms with Crippen LogP contribution in [0.4, 0.5) is 5.69 Å². The molecule has 0 fully saturated rings. The molecule has 4 rings (SSSR count). The number of nitrogens with one attached hydrogen (secondary N) is 1. The Bertz CT molecular complexity index is 1380. The first-order valence-electron chi connectivity index (χ1n) is 12.5. The Hall–Kier alpha value is -4.42. The summed E-state index contributed by atoms with van der Waals surface area (Å²) < 4.78 is 10.7. The Kier molecular flexibility index (Phi) is 8.90. The zero-order valence-electron chi connectivity index (χ0n) is 21.9. The van der Waals surface area contributed by atoms with Gasteiger partial charge >= 0.3 is 0 Å². The van der Waals surface area contributed by atoms with Crippen LogP contribution in [0.1, 0.15) is 37.4 Å². The number of likely N-dealkylation sites (N-methyl/N-ethyl adjacent to an activating group) is 1. The van der Waals surface area contributed by atoms with E-state index in [9.17, 15) is 9.59 Å². The van der Waals surface area contributed by atoms with Crippen molar-refractivity contribution in [2.75, 3.05) is 33.1 Å². The summed E-state index contributed by atoms with van der Waals surface area (Å²) in [4.78, 5) is 27.8. The van der Waals surface area contributed by atoms with E-state index in [-0.39, 0.29) is 11.7 Å². The second kappa shape index (κ2) is 12.7. The van der Waals surface area contributed by atoms with Gasteiger partial charge in [-0.15, -0.1) is 0 Å². The number of carbonyl (C=O) groups excluding carboxylic acids is 2. The van der Waals surface area contributed by atoms with Gasteiger partial charge in [0.2, 0.25) is 0 Å². The molecule has 0 aliphatic carbocycles. The molecule has 0 spiro atoms. The van der Waals surface area contributed by atoms with Crippen LogP contribution in [0.2, 0.25) is 0 Å². The number of nitrogens with zero attached hydrogens (tertiary/aromatic N) is 1. The lowest BCUT2D eigenvalue weighted by Gasteiger charge is -2.18. The summed E-state index contributed by atoms with van der Waals surface area (Å²) in [5.41, 5.74) is 4.55. The second-order valence-electron chi connectivity index (χ2n) is 9.10. The third kappa shape index (κ3) is 6.87. The molecule has 0 unspecified atom stereocenters. The lowest BCUT2D eigenvalue weighted by Crippen LogP contribution is -2.20. The number of hydrogen-bond donors (Lipinski definition) is 1. The van der Waals surface area contributed by atoms with E-state index in [0.717, 1.165) is 36.6 Å². The summed E-state index contributed by atoms with van der Waals surface area (Å²) in [6, 6.07) is 29.7. The van der Waals surface area contributed by atoms with E-state index < -0.39 is 0 Å². The molecule has 6 heteroatoms. The predicted octanol–water partition coefficient (Wildman–Crippen LogP) is 5.86. The first kappa shape index (κ1) is 26.6. The van der Waals surface area contributed by atoms with Crippen molar-refractivity contribution in [3.63, 3.8) is 0 Å². The SMILES string of the molecule is COc1ccc(CN(C)CCc2ccc(NC(=O)c3cccc(C(=O)c4ccccc4)c3)cc2)cc1OC. The Labute approximate surface area is 223 Å². The van der Waals surface area contributed by atoms with Crippen molar-refractivity contribution in [2.45, 2.75) is 13.0 Å². The van der Waals surface area contributed by atoms with Crippen molar-refractivity contribution in [3.8, 4) is 11.5 Å². The number of benzene rings is 4. The van der Waals surface area contributed by atoms with Crippen molar-refractivity contribution < 1.29 is 19.1 Å². The van der Waals surface area contributed by atoms with Crippen LogP contribution in [0.25, 0.3) is 0 Å². The zero-order valence-corrected chi connectivity index (χ0v) is 21.9. The normalized spacial score (nSPS) is 10.7. The average molecular weight is 509 g/mol. The molecular formula is C32H32N2O4. The first-order valence-corrected chi connectivity index (χ1v) is 12.5. The van der Waals surface area contributed by atoms with Crippen molar-refractivity contribution in [1.82, 2.24) is 4.90 Å². The van der Waals surface area contributed by atoms with E-state index >= 15 is 0 Å². The van der Waals surface area contributed by atoms with Gasteiger partial charge in [-0.2, -0.15) is 0 Å². The molecule has 38 heavy (non-hydrogen) atoms. The van der Waals surface area contributed by atoms with Crippen LogP contribution in [0, 0.1) is 0 Å². The van der Waals surface area contributed by atoms with Crippen molar-refractivity contribution >= 4 is 17.4 Å². The largest absolute Gasteiger partial charge is 0.493 e. The van der Waals surface area contributed by atoms with Gasteiger partial charge in [0, 0.05) is 35.5 Å². The summed E-state index contributed by atoms with van der Waals surface area (Å²) in [5.74, 6) is 1.08. The predicted molar refractivity (Wildman–Crippen MR) is 150 cm³/mol. The molecule has 0 saturated carbocycles. The van der Waals surface area contributed by atoms with Gasteiger partial charge < -0.3 is 19.7 Å². The Balaban J connectivity index is 1.31. The van der Waals surface area contributed by atoms with Crippen LogP contribution < -0.4 is 14.8 Å². The standard InChI is InChI=1S/C32H32N2O4/c1-34(22-24-14-17-29(37-2)30(20-24)38-3)19-18-23-12-15-28(16-13-23)33-32(36)27-11-7-10-26(21-27)31(35)25-8-5-4-6-9-25/h4-17,20-21H,18-19,22H2,1-3H3,(H,33,36). The molecule has 0 aromatic heterocycles. The lowest BCUT2D eigenvalue weighted by molar-refractivity contribution is 0.102. The van der Waals surface area contributed by atoms with E-state index in [4.69, 9.17) is 9.47 Å². The molecule has 194 valence electrons. The quantitative estimate of drug-likeness (QED) is 0.257. The summed E-state index contributed by atoms with van der Waals surface area (Å²) in [5, 5.41) is 2.93. The van der Waals surface area contributed by atoms with E-state index in [1.807, 2.05) is 60.7 Å². The van der Waals surface area contributed by atoms with Gasteiger partial charge in [-0.3, -0.25) is 9.59 Å². The third-order valence-corrected chi connectivity index (χ3v) is 6.32. The molecule has 0 heterocycles. The minimum Gasteiger partial charge on any atom is -0.493 e. The number of hydrogen-bond acceptors (Lipinski definition) is 5. The molecule has 4 aromatic rings. The van der Waals surface area contributed by atoms with Crippen LogP contribution in [-0.2, 0) is 13.0 Å². The number of anilines is 1. The first-order chi connectivity index (χ1) is 18.5. The molecule has 0 bridgehead atoms. The number of amides is 1. The number of carbonyl (C=O) groups is 2. The maximum absolute atomic E-state index is 12.8. The average Bonchev–Trinajstić information content (AvgIpc) is 2.96. The number of rotatable bonds is 11. The highest BCUT2D eigenvalue weighted by Crippen LogP contribution is 2.28. The summed E-state index contributed by atoms with van der Waals surface area (Å²) in [7, 11) is 5.36. The minimum atomic E-state index is -0.255. The molecule has 1 amide bonds. The number of ether oxygens (including phenoxy) is 2. The smallest absolute Gasteiger partial charge is 0.255 e. The fourth-order valence-electron chi connectivity index (χ4n) is 4.21. The van der Waals surface area contributed by atoms with Gasteiger partial charge in [-0.1, -0.05) is 60.7 Å². The van der Waals surface area contributed by atoms with Crippen LogP contribution in [-0.4, -0.2) is 44.4 Å². The van der Waals surface area contributed by atoms with Gasteiger partial charge in [0.1, 0.15) is 0 Å². The van der Waals surface area contributed by atoms with Crippen LogP contribution >= 0.6 is 0 Å². The molecule has 6 nitrogen and oxygen atoms in total. The molecule has 0 radical (unpaired) electrons. The van der Waals surface area contributed by atoms with Gasteiger partial charge in [0.05, 0.1) is 14.2 Å². The maximum atomic E-state index is 12.8. The van der Waals surface area contributed by atoms with E-state index in [2.05, 4.69) is 17.3 Å². The van der Waals surface area contributed by atoms with E-state index in [1.165, 1.54) is 5.56 Å². The fraction of sp³-hybridized carbons (Fsp3) is 0.188. The van der Waals surface area contributed by atoms with Gasteiger partial charge in [-0.05, 0) is 61.0 Å². The Morgan fingerprint density at radius 1 is 0.711 bits per heavy atom. The van der Waals surface area contributed by atoms with Gasteiger partial charge in [0.25, 0.3) is 5.91 Å². The monoisotopic (exact) mass is 508 g/mol. The van der Waals surface area contributed by atoms with E-state index in [1.54, 1.807) is 50.6 Å². The van der Waals surface area contributed by atoms with Crippen LogP contribution in [0.5, 0.6) is 11.5 Å². The fourth-order valence-corrected chi connectivity index (χ4v) is 4.21. The number of ketones is 1. The summed E-state index contributed by atoms with van der Waals surface area (Å²) >= 11 is 0. The molecule has 0 saturated heterocycles. The molecule has 0 aliphatic rings. The molecular weight excluding hydrogens is 476 g/mol. The van der Waals surface area contributed by atoms with Crippen molar-refractivity contribution in [3.05, 3.63) is 125 Å². The topological polar surface area (TPSA) is 67.9 Å². The van der Waals surface area contributed by atoms with Crippen molar-refractivity contribution in [2.24, 2.45) is 0 Å². The zero-order chi connectivity index (χ0) is 26.9. The second-order valence-corrected chi connectivity index (χ2v) is 9.10. The third-order valence-electron chi connectivity index (χ3n) is 6.32. The highest BCUT2D eigenvalue weighted by molar-refractivity contribution is 6.11. The summed E-state index contributed by atoms with van der Waals surface area (Å²) in [6.07, 6.45) is 0.877. The Morgan fingerprint density at radius 2 is 1.37 bits per heavy atom. The van der Waals surface area contributed by atoms with Crippen molar-refractivity contribution in [1.29, 1.82) is 0 Å². The highest BCUT2D eigenvalue weighted by atomic mass is 16.5.